The lowest BCUT2D eigenvalue weighted by molar-refractivity contribution is 0.574. The highest BCUT2D eigenvalue weighted by Crippen LogP contribution is 2.53. The van der Waals surface area contributed by atoms with Crippen LogP contribution in [0.15, 0.2) is 43.0 Å². The second kappa shape index (κ2) is 8.48. The number of aromatic nitrogens is 2. The number of thioether (sulfide) groups is 2. The maximum absolute atomic E-state index is 4.18. The van der Waals surface area contributed by atoms with Gasteiger partial charge in [-0.25, -0.2) is 4.98 Å². The maximum Gasteiger partial charge on any atom is 0.0945 e. The zero-order valence-electron chi connectivity index (χ0n) is 14.8. The lowest BCUT2D eigenvalue weighted by Crippen LogP contribution is -2.21. The van der Waals surface area contributed by atoms with Crippen molar-refractivity contribution in [2.75, 3.05) is 5.75 Å². The summed E-state index contributed by atoms with van der Waals surface area (Å²) in [6, 6.07) is 9.22. The third-order valence-electron chi connectivity index (χ3n) is 4.90. The molecule has 130 valence electrons. The van der Waals surface area contributed by atoms with Gasteiger partial charge in [0, 0.05) is 29.9 Å². The first-order valence-electron chi connectivity index (χ1n) is 9.08. The van der Waals surface area contributed by atoms with Gasteiger partial charge in [-0.3, -0.25) is 0 Å². The average molecular weight is 361 g/mol. The van der Waals surface area contributed by atoms with Crippen molar-refractivity contribution in [1.82, 2.24) is 9.55 Å². The summed E-state index contributed by atoms with van der Waals surface area (Å²) in [5.74, 6) is 1.31. The molecule has 1 aliphatic heterocycles. The fourth-order valence-electron chi connectivity index (χ4n) is 3.20. The molecule has 0 radical (unpaired) electrons. The predicted molar refractivity (Wildman–Crippen MR) is 108 cm³/mol. The first kappa shape index (κ1) is 17.9. The first-order chi connectivity index (χ1) is 11.7. The molecule has 0 spiro atoms. The first-order valence-corrected chi connectivity index (χ1v) is 10.9. The molecule has 0 saturated carbocycles. The minimum Gasteiger partial charge on any atom is -0.337 e. The third-order valence-corrected chi connectivity index (χ3v) is 8.93. The molecular weight excluding hydrogens is 332 g/mol. The molecule has 2 aromatic rings. The molecule has 4 heteroatoms. The van der Waals surface area contributed by atoms with Gasteiger partial charge in [0.1, 0.15) is 0 Å². The quantitative estimate of drug-likeness (QED) is 0.626. The van der Waals surface area contributed by atoms with Crippen molar-refractivity contribution < 1.29 is 0 Å². The van der Waals surface area contributed by atoms with Crippen LogP contribution in [0.5, 0.6) is 0 Å². The summed E-state index contributed by atoms with van der Waals surface area (Å²) in [4.78, 5) is 4.18. The molecule has 3 rings (SSSR count). The Labute approximate surface area is 154 Å². The molecule has 1 aliphatic rings. The van der Waals surface area contributed by atoms with Crippen molar-refractivity contribution in [2.45, 2.75) is 61.8 Å². The monoisotopic (exact) mass is 360 g/mol. The molecule has 0 bridgehead atoms. The van der Waals surface area contributed by atoms with Crippen LogP contribution in [0.25, 0.3) is 0 Å². The summed E-state index contributed by atoms with van der Waals surface area (Å²) >= 11 is 4.44. The molecular formula is C20H28N2S2. The Morgan fingerprint density at radius 2 is 1.96 bits per heavy atom. The van der Waals surface area contributed by atoms with Gasteiger partial charge in [0.25, 0.3) is 0 Å². The zero-order valence-corrected chi connectivity index (χ0v) is 16.4. The van der Waals surface area contributed by atoms with Gasteiger partial charge in [0.05, 0.1) is 10.4 Å². The number of benzene rings is 1. The number of hydrogen-bond donors (Lipinski definition) is 0. The summed E-state index contributed by atoms with van der Waals surface area (Å²) in [5.41, 5.74) is 2.92. The summed E-state index contributed by atoms with van der Waals surface area (Å²) in [5, 5.41) is 0.820. The van der Waals surface area contributed by atoms with E-state index in [2.05, 4.69) is 77.4 Å². The molecule has 1 fully saturated rings. The normalized spacial score (nSPS) is 23.7. The van der Waals surface area contributed by atoms with Crippen LogP contribution in [-0.2, 0) is 19.4 Å². The number of imidazole rings is 1. The predicted octanol–water partition coefficient (Wildman–Crippen LogP) is 5.42. The SMILES string of the molecule is CCc1ccc(CCC2(CCn3ccnc3)SCC(CC)S2)cc1. The average Bonchev–Trinajstić information content (AvgIpc) is 3.29. The van der Waals surface area contributed by atoms with E-state index in [1.165, 1.54) is 42.6 Å². The van der Waals surface area contributed by atoms with E-state index < -0.39 is 0 Å². The minimum absolute atomic E-state index is 0.369. The lowest BCUT2D eigenvalue weighted by Gasteiger charge is -2.28. The van der Waals surface area contributed by atoms with Crippen molar-refractivity contribution >= 4 is 23.5 Å². The Morgan fingerprint density at radius 1 is 1.17 bits per heavy atom. The number of nitrogens with zero attached hydrogens (tertiary/aromatic N) is 2. The van der Waals surface area contributed by atoms with E-state index in [9.17, 15) is 0 Å². The van der Waals surface area contributed by atoms with Crippen LogP contribution < -0.4 is 0 Å². The molecule has 2 unspecified atom stereocenters. The van der Waals surface area contributed by atoms with Gasteiger partial charge < -0.3 is 4.57 Å². The summed E-state index contributed by atoms with van der Waals surface area (Å²) in [7, 11) is 0. The van der Waals surface area contributed by atoms with E-state index in [4.69, 9.17) is 0 Å². The Bertz CT molecular complexity index is 609. The van der Waals surface area contributed by atoms with Gasteiger partial charge >= 0.3 is 0 Å². The molecule has 0 N–H and O–H groups in total. The number of hydrogen-bond acceptors (Lipinski definition) is 3. The molecule has 2 atom stereocenters. The fourth-order valence-corrected chi connectivity index (χ4v) is 6.97. The summed E-state index contributed by atoms with van der Waals surface area (Å²) in [6.45, 7) is 5.62. The highest BCUT2D eigenvalue weighted by molar-refractivity contribution is 8.21. The van der Waals surface area contributed by atoms with Crippen LogP contribution in [0.4, 0.5) is 0 Å². The van der Waals surface area contributed by atoms with E-state index in [1.807, 2.05) is 12.5 Å². The largest absolute Gasteiger partial charge is 0.337 e. The molecule has 0 amide bonds. The number of aryl methyl sites for hydroxylation is 3. The standard InChI is InChI=1S/C20H28N2S2/c1-3-17-5-7-18(8-6-17)9-10-20(23-15-19(4-2)24-20)11-13-22-14-12-21-16-22/h5-8,12,14,16,19H,3-4,9-11,13,15H2,1-2H3. The van der Waals surface area contributed by atoms with Gasteiger partial charge in [0.2, 0.25) is 0 Å². The second-order valence-electron chi connectivity index (χ2n) is 6.59. The van der Waals surface area contributed by atoms with Gasteiger partial charge in [-0.2, -0.15) is 0 Å². The van der Waals surface area contributed by atoms with Crippen LogP contribution >= 0.6 is 23.5 Å². The van der Waals surface area contributed by atoms with Crippen molar-refractivity contribution in [1.29, 1.82) is 0 Å². The van der Waals surface area contributed by atoms with Crippen LogP contribution in [0.2, 0.25) is 0 Å². The zero-order chi connectivity index (χ0) is 16.8. The van der Waals surface area contributed by atoms with E-state index in [0.29, 0.717) is 4.08 Å². The molecule has 0 aliphatic carbocycles. The van der Waals surface area contributed by atoms with Gasteiger partial charge in [-0.05, 0) is 43.2 Å². The minimum atomic E-state index is 0.369. The highest BCUT2D eigenvalue weighted by Gasteiger charge is 2.39. The Morgan fingerprint density at radius 3 is 2.58 bits per heavy atom. The van der Waals surface area contributed by atoms with Crippen LogP contribution in [-0.4, -0.2) is 24.6 Å². The second-order valence-corrected chi connectivity index (χ2v) is 9.94. The van der Waals surface area contributed by atoms with Gasteiger partial charge in [-0.15, -0.1) is 23.5 Å². The van der Waals surface area contributed by atoms with E-state index >= 15 is 0 Å². The lowest BCUT2D eigenvalue weighted by atomic mass is 10.0. The van der Waals surface area contributed by atoms with Crippen molar-refractivity contribution in [2.24, 2.45) is 0 Å². The van der Waals surface area contributed by atoms with Crippen molar-refractivity contribution in [3.05, 3.63) is 54.1 Å². The van der Waals surface area contributed by atoms with Crippen molar-refractivity contribution in [3.8, 4) is 0 Å². The molecule has 2 nitrogen and oxygen atoms in total. The fraction of sp³-hybridized carbons (Fsp3) is 0.550. The van der Waals surface area contributed by atoms with Gasteiger partial charge in [0.15, 0.2) is 0 Å². The van der Waals surface area contributed by atoms with Crippen molar-refractivity contribution in [3.63, 3.8) is 0 Å². The van der Waals surface area contributed by atoms with E-state index in [1.54, 1.807) is 0 Å². The molecule has 24 heavy (non-hydrogen) atoms. The van der Waals surface area contributed by atoms with E-state index in [0.717, 1.165) is 18.2 Å². The van der Waals surface area contributed by atoms with Crippen LogP contribution in [0.1, 0.15) is 44.2 Å². The summed E-state index contributed by atoms with van der Waals surface area (Å²) < 4.78 is 2.59. The smallest absolute Gasteiger partial charge is 0.0945 e. The maximum atomic E-state index is 4.18. The summed E-state index contributed by atoms with van der Waals surface area (Å²) in [6.07, 6.45) is 12.0. The van der Waals surface area contributed by atoms with Gasteiger partial charge in [-0.1, -0.05) is 38.1 Å². The molecule has 1 saturated heterocycles. The number of rotatable bonds is 8. The Kier molecular flexibility index (Phi) is 6.34. The third kappa shape index (κ3) is 4.60. The van der Waals surface area contributed by atoms with Crippen LogP contribution in [0.3, 0.4) is 0 Å². The molecule has 1 aromatic carbocycles. The highest BCUT2D eigenvalue weighted by atomic mass is 32.2. The van der Waals surface area contributed by atoms with E-state index in [-0.39, 0.29) is 0 Å². The molecule has 1 aromatic heterocycles. The Balaban J connectivity index is 1.63. The molecule has 2 heterocycles. The Hall–Kier alpha value is -0.870. The van der Waals surface area contributed by atoms with Crippen LogP contribution in [0, 0.1) is 0 Å². The topological polar surface area (TPSA) is 17.8 Å².